The Kier molecular flexibility index (Phi) is 6.13. The molecule has 0 spiro atoms. The molecule has 0 atom stereocenters. The third kappa shape index (κ3) is 4.91. The fourth-order valence-corrected chi connectivity index (χ4v) is 3.16. The minimum atomic E-state index is -0.950. The number of nitrogens with one attached hydrogen (secondary N) is 1. The van der Waals surface area contributed by atoms with Gasteiger partial charge in [-0.2, -0.15) is 0 Å². The van der Waals surface area contributed by atoms with E-state index in [9.17, 15) is 9.70 Å². The van der Waals surface area contributed by atoms with Gasteiger partial charge in [-0.25, -0.2) is 9.82 Å². The van der Waals surface area contributed by atoms with Crippen molar-refractivity contribution in [2.45, 2.75) is 5.16 Å². The second-order valence-corrected chi connectivity index (χ2v) is 7.24. The Balaban J connectivity index is 2.00. The monoisotopic (exact) mass is 414 g/mol. The van der Waals surface area contributed by atoms with Gasteiger partial charge in [0.15, 0.2) is 12.9 Å². The second kappa shape index (κ2) is 8.74. The number of hydrogen-bond donors (Lipinski definition) is 2. The summed E-state index contributed by atoms with van der Waals surface area (Å²) in [6.07, 6.45) is 0. The van der Waals surface area contributed by atoms with Crippen molar-refractivity contribution in [1.82, 2.24) is 15.2 Å². The summed E-state index contributed by atoms with van der Waals surface area (Å²) in [6.45, 7) is 0. The fraction of sp³-hybridized carbons (Fsp3) is 0.211. The first-order valence-electron chi connectivity index (χ1n) is 8.59. The van der Waals surface area contributed by atoms with E-state index in [1.807, 2.05) is 49.3 Å². The topological polar surface area (TPSA) is 111 Å². The number of aromatic nitrogens is 3. The molecule has 0 bridgehead atoms. The Bertz CT molecular complexity index is 1030. The standard InChI is InChI=1S/C19H19N5O4S/c1-23(2)15-6-4-12(5-7-15)13-8-14(10-16(9-13)24(27)28-3)18-20-19(22-21-18)29-11-17(25)26/h4-10H,11H2,1-3H3,(H-,20,21,22,25,26)/p+1. The molecule has 0 aliphatic rings. The largest absolute Gasteiger partial charge is 0.481 e. The number of nitrogens with zero attached hydrogens (tertiary/aromatic N) is 4. The lowest BCUT2D eigenvalue weighted by Gasteiger charge is -2.13. The predicted molar refractivity (Wildman–Crippen MR) is 110 cm³/mol. The molecule has 0 radical (unpaired) electrons. The molecule has 10 heteroatoms. The second-order valence-electron chi connectivity index (χ2n) is 6.30. The molecule has 0 amide bonds. The highest BCUT2D eigenvalue weighted by Gasteiger charge is 2.20. The molecule has 3 aromatic rings. The van der Waals surface area contributed by atoms with Crippen LogP contribution in [0.1, 0.15) is 0 Å². The van der Waals surface area contributed by atoms with Crippen LogP contribution >= 0.6 is 11.8 Å². The van der Waals surface area contributed by atoms with Crippen molar-refractivity contribution in [3.05, 3.63) is 47.4 Å². The van der Waals surface area contributed by atoms with Crippen molar-refractivity contribution in [2.75, 3.05) is 31.9 Å². The molecule has 2 aromatic carbocycles. The van der Waals surface area contributed by atoms with Crippen molar-refractivity contribution < 1.29 is 19.7 Å². The van der Waals surface area contributed by atoms with Gasteiger partial charge in [-0.15, -0.1) is 5.10 Å². The first-order chi connectivity index (χ1) is 13.9. The van der Waals surface area contributed by atoms with Crippen LogP contribution < -0.4 is 4.90 Å². The molecule has 2 N–H and O–H groups in total. The van der Waals surface area contributed by atoms with Crippen LogP contribution in [0.15, 0.2) is 47.6 Å². The Morgan fingerprint density at radius 2 is 1.86 bits per heavy atom. The molecule has 3 rings (SSSR count). The predicted octanol–water partition coefficient (Wildman–Crippen LogP) is 3.35. The molecule has 0 saturated carbocycles. The van der Waals surface area contributed by atoms with Crippen LogP contribution in [0.2, 0.25) is 0 Å². The number of carbonyl (C=O) groups is 1. The molecule has 150 valence electrons. The summed E-state index contributed by atoms with van der Waals surface area (Å²) < 4.78 is 0. The van der Waals surface area contributed by atoms with Crippen LogP contribution in [-0.4, -0.2) is 58.1 Å². The van der Waals surface area contributed by atoms with E-state index in [-0.39, 0.29) is 5.75 Å². The zero-order chi connectivity index (χ0) is 21.0. The molecule has 0 saturated heterocycles. The van der Waals surface area contributed by atoms with Crippen molar-refractivity contribution in [1.29, 1.82) is 0 Å². The number of aliphatic carboxylic acids is 1. The summed E-state index contributed by atoms with van der Waals surface area (Å²) in [7, 11) is 5.22. The molecule has 0 fully saturated rings. The van der Waals surface area contributed by atoms with Crippen LogP contribution in [0.4, 0.5) is 11.4 Å². The molecular weight excluding hydrogens is 394 g/mol. The van der Waals surface area contributed by atoms with Gasteiger partial charge in [0, 0.05) is 37.5 Å². The van der Waals surface area contributed by atoms with Crippen LogP contribution in [-0.2, 0) is 9.63 Å². The smallest absolute Gasteiger partial charge is 0.318 e. The fourth-order valence-electron chi connectivity index (χ4n) is 2.64. The van der Waals surface area contributed by atoms with Gasteiger partial charge in [0.2, 0.25) is 5.16 Å². The molecule has 29 heavy (non-hydrogen) atoms. The van der Waals surface area contributed by atoms with Crippen molar-refractivity contribution in [2.24, 2.45) is 0 Å². The van der Waals surface area contributed by atoms with E-state index >= 15 is 0 Å². The zero-order valence-corrected chi connectivity index (χ0v) is 16.9. The highest BCUT2D eigenvalue weighted by atomic mass is 32.2. The third-order valence-electron chi connectivity index (χ3n) is 4.07. The van der Waals surface area contributed by atoms with E-state index in [1.54, 1.807) is 12.1 Å². The van der Waals surface area contributed by atoms with E-state index < -0.39 is 5.97 Å². The van der Waals surface area contributed by atoms with E-state index in [0.717, 1.165) is 28.6 Å². The lowest BCUT2D eigenvalue weighted by atomic mass is 10.0. The Morgan fingerprint density at radius 3 is 2.48 bits per heavy atom. The number of aromatic amines is 1. The summed E-state index contributed by atoms with van der Waals surface area (Å²) >= 11 is 1.01. The van der Waals surface area contributed by atoms with Gasteiger partial charge in [-0.05, 0) is 29.3 Å². The van der Waals surface area contributed by atoms with E-state index in [0.29, 0.717) is 27.2 Å². The maximum atomic E-state index is 12.1. The van der Waals surface area contributed by atoms with Gasteiger partial charge in [-0.3, -0.25) is 9.89 Å². The van der Waals surface area contributed by atoms with Gasteiger partial charge in [0.05, 0.1) is 10.7 Å². The first kappa shape index (κ1) is 20.3. The molecule has 0 aliphatic carbocycles. The molecule has 0 unspecified atom stereocenters. The number of H-pyrrole nitrogens is 1. The highest BCUT2D eigenvalue weighted by Crippen LogP contribution is 2.31. The van der Waals surface area contributed by atoms with Gasteiger partial charge >= 0.3 is 11.7 Å². The Morgan fingerprint density at radius 1 is 1.17 bits per heavy atom. The summed E-state index contributed by atoms with van der Waals surface area (Å²) in [5.74, 6) is -0.664. The Labute approximate surface area is 171 Å². The van der Waals surface area contributed by atoms with Crippen LogP contribution in [0.25, 0.3) is 22.5 Å². The van der Waals surface area contributed by atoms with E-state index in [2.05, 4.69) is 15.2 Å². The van der Waals surface area contributed by atoms with Gasteiger partial charge in [-0.1, -0.05) is 23.9 Å². The quantitative estimate of drug-likeness (QED) is 0.426. The molecule has 1 heterocycles. The average Bonchev–Trinajstić information content (AvgIpc) is 3.20. The number of benzene rings is 2. The van der Waals surface area contributed by atoms with Crippen molar-refractivity contribution in [3.63, 3.8) is 0 Å². The minimum absolute atomic E-state index is 0.140. The number of carboxylic acids is 1. The van der Waals surface area contributed by atoms with Crippen LogP contribution in [0.5, 0.6) is 0 Å². The SMILES string of the molecule is CO[N+](=O)c1cc(-c2ccc(N(C)C)cc2)cc(-c2nc(SCC(=O)O)n[nH]2)c1. The summed E-state index contributed by atoms with van der Waals surface area (Å²) in [5, 5.41) is 15.9. The molecule has 0 aliphatic heterocycles. The van der Waals surface area contributed by atoms with Gasteiger partial charge in [0.1, 0.15) is 0 Å². The maximum Gasteiger partial charge on any atom is 0.318 e. The van der Waals surface area contributed by atoms with Gasteiger partial charge in [0.25, 0.3) is 4.92 Å². The maximum absolute atomic E-state index is 12.1. The summed E-state index contributed by atoms with van der Waals surface area (Å²) in [6, 6.07) is 13.1. The molecular formula is C19H20N5O4S+. The third-order valence-corrected chi connectivity index (χ3v) is 4.91. The number of anilines is 1. The minimum Gasteiger partial charge on any atom is -0.481 e. The summed E-state index contributed by atoms with van der Waals surface area (Å²) in [5.41, 5.74) is 3.71. The van der Waals surface area contributed by atoms with E-state index in [4.69, 9.17) is 9.94 Å². The van der Waals surface area contributed by atoms with Crippen LogP contribution in [0, 0.1) is 4.91 Å². The number of thioether (sulfide) groups is 1. The van der Waals surface area contributed by atoms with Crippen molar-refractivity contribution >= 4 is 29.1 Å². The molecule has 1 aromatic heterocycles. The zero-order valence-electron chi connectivity index (χ0n) is 16.1. The highest BCUT2D eigenvalue weighted by molar-refractivity contribution is 7.99. The number of rotatable bonds is 8. The normalized spacial score (nSPS) is 10.6. The van der Waals surface area contributed by atoms with Gasteiger partial charge < -0.3 is 10.0 Å². The van der Waals surface area contributed by atoms with E-state index in [1.165, 1.54) is 7.11 Å². The van der Waals surface area contributed by atoms with Crippen LogP contribution in [0.3, 0.4) is 0 Å². The number of hydrogen-bond acceptors (Lipinski definition) is 7. The number of carboxylic acid groups (broad SMARTS) is 1. The lowest BCUT2D eigenvalue weighted by molar-refractivity contribution is -0.736. The summed E-state index contributed by atoms with van der Waals surface area (Å²) in [4.78, 5) is 34.3. The molecule has 9 nitrogen and oxygen atoms in total. The van der Waals surface area contributed by atoms with Crippen molar-refractivity contribution in [3.8, 4) is 22.5 Å². The Hall–Kier alpha value is -3.40. The average molecular weight is 414 g/mol. The first-order valence-corrected chi connectivity index (χ1v) is 9.57. The lowest BCUT2D eigenvalue weighted by Crippen LogP contribution is -2.07.